The van der Waals surface area contributed by atoms with E-state index < -0.39 is 12.1 Å². The highest BCUT2D eigenvalue weighted by Crippen LogP contribution is 2.04. The average Bonchev–Trinajstić information content (AvgIpc) is 2.15. The standard InChI is InChI=1S/C9H12N2O3/c1-6(12)4-10-8-3-2-7(5-11-8)9(13)14/h2-3,5-6,12H,4H2,1H3,(H,10,11)(H,13,14). The summed E-state index contributed by atoms with van der Waals surface area (Å²) in [6, 6.07) is 3.02. The number of hydrogen-bond donors (Lipinski definition) is 3. The monoisotopic (exact) mass is 196 g/mol. The van der Waals surface area contributed by atoms with Crippen molar-refractivity contribution in [1.29, 1.82) is 0 Å². The number of nitrogens with zero attached hydrogens (tertiary/aromatic N) is 1. The molecule has 3 N–H and O–H groups in total. The molecule has 1 aromatic heterocycles. The van der Waals surface area contributed by atoms with Crippen molar-refractivity contribution in [2.24, 2.45) is 0 Å². The lowest BCUT2D eigenvalue weighted by Crippen LogP contribution is -2.16. The summed E-state index contributed by atoms with van der Waals surface area (Å²) in [7, 11) is 0. The number of aromatic nitrogens is 1. The SMILES string of the molecule is CC(O)CNc1ccc(C(=O)O)cn1. The van der Waals surface area contributed by atoms with Gasteiger partial charge in [-0.05, 0) is 19.1 Å². The second kappa shape index (κ2) is 4.57. The molecule has 1 unspecified atom stereocenters. The lowest BCUT2D eigenvalue weighted by Gasteiger charge is -2.06. The Labute approximate surface area is 81.4 Å². The molecule has 1 aromatic rings. The Morgan fingerprint density at radius 2 is 2.36 bits per heavy atom. The second-order valence-corrected chi connectivity index (χ2v) is 2.97. The van der Waals surface area contributed by atoms with Gasteiger partial charge in [0, 0.05) is 12.7 Å². The zero-order valence-electron chi connectivity index (χ0n) is 7.77. The zero-order chi connectivity index (χ0) is 10.6. The molecule has 1 heterocycles. The third kappa shape index (κ3) is 3.02. The van der Waals surface area contributed by atoms with Crippen molar-refractivity contribution >= 4 is 11.8 Å². The Hall–Kier alpha value is -1.62. The molecule has 1 atom stereocenters. The third-order valence-electron chi connectivity index (χ3n) is 1.59. The Kier molecular flexibility index (Phi) is 3.41. The average molecular weight is 196 g/mol. The normalized spacial score (nSPS) is 12.1. The predicted molar refractivity (Wildman–Crippen MR) is 51.4 cm³/mol. The molecule has 0 spiro atoms. The first-order valence-corrected chi connectivity index (χ1v) is 4.21. The fraction of sp³-hybridized carbons (Fsp3) is 0.333. The van der Waals surface area contributed by atoms with Gasteiger partial charge in [-0.3, -0.25) is 0 Å². The van der Waals surface area contributed by atoms with Crippen molar-refractivity contribution in [3.8, 4) is 0 Å². The van der Waals surface area contributed by atoms with Crippen LogP contribution in [0.3, 0.4) is 0 Å². The van der Waals surface area contributed by atoms with Crippen molar-refractivity contribution < 1.29 is 15.0 Å². The molecular weight excluding hydrogens is 184 g/mol. The maximum atomic E-state index is 10.5. The van der Waals surface area contributed by atoms with E-state index in [2.05, 4.69) is 10.3 Å². The number of carboxylic acids is 1. The van der Waals surface area contributed by atoms with E-state index in [-0.39, 0.29) is 5.56 Å². The summed E-state index contributed by atoms with van der Waals surface area (Å²) >= 11 is 0. The van der Waals surface area contributed by atoms with Crippen LogP contribution in [0.25, 0.3) is 0 Å². The van der Waals surface area contributed by atoms with Gasteiger partial charge in [-0.1, -0.05) is 0 Å². The lowest BCUT2D eigenvalue weighted by molar-refractivity contribution is 0.0696. The Morgan fingerprint density at radius 1 is 1.64 bits per heavy atom. The number of aromatic carboxylic acids is 1. The maximum absolute atomic E-state index is 10.5. The van der Waals surface area contributed by atoms with Crippen LogP contribution in [0.15, 0.2) is 18.3 Å². The summed E-state index contributed by atoms with van der Waals surface area (Å²) in [5.74, 6) is -0.449. The Bertz CT molecular complexity index is 308. The molecule has 0 aromatic carbocycles. The number of aliphatic hydroxyl groups excluding tert-OH is 1. The lowest BCUT2D eigenvalue weighted by atomic mass is 10.3. The molecule has 0 aliphatic carbocycles. The first-order chi connectivity index (χ1) is 6.59. The van der Waals surface area contributed by atoms with Crippen molar-refractivity contribution in [1.82, 2.24) is 4.98 Å². The van der Waals surface area contributed by atoms with Crippen LogP contribution in [-0.4, -0.2) is 33.8 Å². The molecule has 5 heteroatoms. The minimum atomic E-state index is -1.00. The first-order valence-electron chi connectivity index (χ1n) is 4.21. The highest BCUT2D eigenvalue weighted by molar-refractivity contribution is 5.87. The van der Waals surface area contributed by atoms with Gasteiger partial charge in [-0.15, -0.1) is 0 Å². The summed E-state index contributed by atoms with van der Waals surface area (Å²) in [5, 5.41) is 20.4. The van der Waals surface area contributed by atoms with Crippen molar-refractivity contribution in [2.45, 2.75) is 13.0 Å². The van der Waals surface area contributed by atoms with E-state index in [1.165, 1.54) is 12.3 Å². The molecule has 0 aliphatic heterocycles. The highest BCUT2D eigenvalue weighted by atomic mass is 16.4. The Morgan fingerprint density at radius 3 is 2.79 bits per heavy atom. The first kappa shape index (κ1) is 10.5. The number of carboxylic acid groups (broad SMARTS) is 1. The molecule has 14 heavy (non-hydrogen) atoms. The number of anilines is 1. The number of carbonyl (C=O) groups is 1. The minimum absolute atomic E-state index is 0.146. The number of hydrogen-bond acceptors (Lipinski definition) is 4. The molecule has 0 saturated heterocycles. The van der Waals surface area contributed by atoms with Crippen molar-refractivity contribution in [3.05, 3.63) is 23.9 Å². The molecule has 76 valence electrons. The van der Waals surface area contributed by atoms with Gasteiger partial charge in [-0.25, -0.2) is 9.78 Å². The van der Waals surface area contributed by atoms with Gasteiger partial charge < -0.3 is 15.5 Å². The fourth-order valence-electron chi connectivity index (χ4n) is 0.877. The van der Waals surface area contributed by atoms with Crippen LogP contribution in [0.4, 0.5) is 5.82 Å². The quantitative estimate of drug-likeness (QED) is 0.655. The van der Waals surface area contributed by atoms with Crippen LogP contribution in [0.5, 0.6) is 0 Å². The van der Waals surface area contributed by atoms with E-state index in [1.54, 1.807) is 13.0 Å². The molecule has 1 rings (SSSR count). The van der Waals surface area contributed by atoms with Crippen molar-refractivity contribution in [2.75, 3.05) is 11.9 Å². The summed E-state index contributed by atoms with van der Waals surface area (Å²) in [5.41, 5.74) is 0.146. The van der Waals surface area contributed by atoms with Gasteiger partial charge in [-0.2, -0.15) is 0 Å². The van der Waals surface area contributed by atoms with Gasteiger partial charge in [0.15, 0.2) is 0 Å². The predicted octanol–water partition coefficient (Wildman–Crippen LogP) is 0.573. The molecule has 0 bridgehead atoms. The van der Waals surface area contributed by atoms with Crippen LogP contribution in [0, 0.1) is 0 Å². The molecule has 5 nitrogen and oxygen atoms in total. The fourth-order valence-corrected chi connectivity index (χ4v) is 0.877. The number of rotatable bonds is 4. The minimum Gasteiger partial charge on any atom is -0.478 e. The van der Waals surface area contributed by atoms with Gasteiger partial charge in [0.2, 0.25) is 0 Å². The van der Waals surface area contributed by atoms with Crippen LogP contribution < -0.4 is 5.32 Å². The molecular formula is C9H12N2O3. The molecule has 0 saturated carbocycles. The number of aliphatic hydroxyl groups is 1. The molecule has 0 radical (unpaired) electrons. The van der Waals surface area contributed by atoms with Crippen LogP contribution in [-0.2, 0) is 0 Å². The summed E-state index contributed by atoms with van der Waals surface area (Å²) < 4.78 is 0. The van der Waals surface area contributed by atoms with Gasteiger partial charge in [0.25, 0.3) is 0 Å². The number of nitrogens with one attached hydrogen (secondary N) is 1. The van der Waals surface area contributed by atoms with E-state index in [9.17, 15) is 4.79 Å². The topological polar surface area (TPSA) is 82.5 Å². The summed E-state index contributed by atoms with van der Waals surface area (Å²) in [6.07, 6.45) is 0.808. The number of pyridine rings is 1. The molecule has 0 amide bonds. The highest BCUT2D eigenvalue weighted by Gasteiger charge is 2.02. The second-order valence-electron chi connectivity index (χ2n) is 2.97. The van der Waals surface area contributed by atoms with E-state index in [0.717, 1.165) is 0 Å². The zero-order valence-corrected chi connectivity index (χ0v) is 7.77. The molecule has 0 aliphatic rings. The smallest absolute Gasteiger partial charge is 0.337 e. The van der Waals surface area contributed by atoms with E-state index in [1.807, 2.05) is 0 Å². The molecule has 0 fully saturated rings. The van der Waals surface area contributed by atoms with Crippen LogP contribution in [0.2, 0.25) is 0 Å². The van der Waals surface area contributed by atoms with E-state index in [4.69, 9.17) is 10.2 Å². The Balaban J connectivity index is 2.60. The van der Waals surface area contributed by atoms with Gasteiger partial charge >= 0.3 is 5.97 Å². The van der Waals surface area contributed by atoms with Gasteiger partial charge in [0.05, 0.1) is 11.7 Å². The van der Waals surface area contributed by atoms with Crippen LogP contribution in [0.1, 0.15) is 17.3 Å². The largest absolute Gasteiger partial charge is 0.478 e. The summed E-state index contributed by atoms with van der Waals surface area (Å²) in [6.45, 7) is 2.04. The van der Waals surface area contributed by atoms with Gasteiger partial charge in [0.1, 0.15) is 5.82 Å². The third-order valence-corrected chi connectivity index (χ3v) is 1.59. The van der Waals surface area contributed by atoms with Crippen LogP contribution >= 0.6 is 0 Å². The summed E-state index contributed by atoms with van der Waals surface area (Å²) in [4.78, 5) is 14.3. The maximum Gasteiger partial charge on any atom is 0.337 e. The van der Waals surface area contributed by atoms with Crippen molar-refractivity contribution in [3.63, 3.8) is 0 Å². The van der Waals surface area contributed by atoms with E-state index >= 15 is 0 Å². The van der Waals surface area contributed by atoms with E-state index in [0.29, 0.717) is 12.4 Å².